The Bertz CT molecular complexity index is 629. The Labute approximate surface area is 192 Å². The van der Waals surface area contributed by atoms with Gasteiger partial charge in [-0.2, -0.15) is 0 Å². The van der Waals surface area contributed by atoms with E-state index in [1.165, 1.54) is 95.6 Å². The highest BCUT2D eigenvalue weighted by Crippen LogP contribution is 2.23. The molecule has 0 amide bonds. The predicted molar refractivity (Wildman–Crippen MR) is 139 cm³/mol. The molecule has 1 aromatic carbocycles. The lowest BCUT2D eigenvalue weighted by atomic mass is 9.99. The van der Waals surface area contributed by atoms with E-state index in [9.17, 15) is 0 Å². The van der Waals surface area contributed by atoms with Crippen LogP contribution in [0.25, 0.3) is 0 Å². The Kier molecular flexibility index (Phi) is 14.4. The molecule has 31 heavy (non-hydrogen) atoms. The summed E-state index contributed by atoms with van der Waals surface area (Å²) in [4.78, 5) is 2.54. The van der Waals surface area contributed by atoms with Crippen molar-refractivity contribution >= 4 is 5.69 Å². The fraction of sp³-hybridized carbons (Fsp3) is 0.533. The molecular formula is C30H45N. The highest BCUT2D eigenvalue weighted by molar-refractivity contribution is 5.44. The van der Waals surface area contributed by atoms with Gasteiger partial charge in [-0.3, -0.25) is 0 Å². The molecule has 0 saturated heterocycles. The lowest BCUT2D eigenvalue weighted by molar-refractivity contribution is 0.474. The molecule has 0 N–H and O–H groups in total. The molecule has 1 heteroatoms. The molecular weight excluding hydrogens is 374 g/mol. The van der Waals surface area contributed by atoms with Crippen LogP contribution >= 0.6 is 0 Å². The van der Waals surface area contributed by atoms with Crippen molar-refractivity contribution in [1.82, 2.24) is 0 Å². The van der Waals surface area contributed by atoms with Gasteiger partial charge in [-0.25, -0.2) is 0 Å². The van der Waals surface area contributed by atoms with Crippen molar-refractivity contribution in [2.24, 2.45) is 0 Å². The maximum absolute atomic E-state index is 2.54. The maximum atomic E-state index is 2.54. The summed E-state index contributed by atoms with van der Waals surface area (Å²) in [5.41, 5.74) is 1.30. The van der Waals surface area contributed by atoms with Crippen molar-refractivity contribution in [3.63, 3.8) is 0 Å². The summed E-state index contributed by atoms with van der Waals surface area (Å²) in [5.74, 6) is 0. The number of rotatable bonds is 2. The molecule has 0 aliphatic heterocycles. The summed E-state index contributed by atoms with van der Waals surface area (Å²) in [6.07, 6.45) is 19.6. The minimum absolute atomic E-state index is 0.635. The van der Waals surface area contributed by atoms with Gasteiger partial charge in [0.05, 0.1) is 0 Å². The van der Waals surface area contributed by atoms with Crippen LogP contribution in [0.15, 0.2) is 78.9 Å². The predicted octanol–water partition coefficient (Wildman–Crippen LogP) is 9.22. The molecule has 0 atom stereocenters. The first-order valence-electron chi connectivity index (χ1n) is 12.8. The molecule has 0 aromatic heterocycles. The van der Waals surface area contributed by atoms with Crippen LogP contribution in [0.3, 0.4) is 0 Å². The van der Waals surface area contributed by atoms with E-state index >= 15 is 0 Å². The molecule has 1 nitrogen and oxygen atoms in total. The lowest BCUT2D eigenvalue weighted by Gasteiger charge is -2.30. The topological polar surface area (TPSA) is 3.24 Å². The van der Waals surface area contributed by atoms with Gasteiger partial charge in [-0.05, 0) is 25.0 Å². The molecule has 1 aliphatic carbocycles. The van der Waals surface area contributed by atoms with Crippen LogP contribution in [0, 0.1) is 0 Å². The average molecular weight is 420 g/mol. The van der Waals surface area contributed by atoms with Gasteiger partial charge in [0.25, 0.3) is 0 Å². The zero-order valence-electron chi connectivity index (χ0n) is 19.9. The first kappa shape index (κ1) is 25.2. The molecule has 0 heterocycles. The van der Waals surface area contributed by atoms with Gasteiger partial charge < -0.3 is 4.90 Å². The summed E-state index contributed by atoms with van der Waals surface area (Å²) in [7, 11) is 2.30. The Morgan fingerprint density at radius 1 is 0.452 bits per heavy atom. The Hall–Kier alpha value is -2.02. The van der Waals surface area contributed by atoms with E-state index in [0.717, 1.165) is 0 Å². The van der Waals surface area contributed by atoms with Crippen molar-refractivity contribution in [2.75, 3.05) is 11.9 Å². The second-order valence-electron chi connectivity index (χ2n) is 8.96. The van der Waals surface area contributed by atoms with Crippen molar-refractivity contribution in [2.45, 2.75) is 95.9 Å². The van der Waals surface area contributed by atoms with Gasteiger partial charge in [0.15, 0.2) is 0 Å². The molecule has 0 spiro atoms. The first-order valence-corrected chi connectivity index (χ1v) is 12.8. The summed E-state index contributed by atoms with van der Waals surface area (Å²) >= 11 is 0. The van der Waals surface area contributed by atoms with E-state index in [1.54, 1.807) is 0 Å². The van der Waals surface area contributed by atoms with Crippen molar-refractivity contribution in [3.05, 3.63) is 78.9 Å². The molecule has 0 bridgehead atoms. The van der Waals surface area contributed by atoms with Crippen molar-refractivity contribution < 1.29 is 0 Å². The van der Waals surface area contributed by atoms with Gasteiger partial charge in [0, 0.05) is 18.8 Å². The maximum Gasteiger partial charge on any atom is 0.0366 e. The Morgan fingerprint density at radius 2 is 0.742 bits per heavy atom. The largest absolute Gasteiger partial charge is 0.372 e. The second kappa shape index (κ2) is 17.6. The van der Waals surface area contributed by atoms with Gasteiger partial charge in [-0.15, -0.1) is 0 Å². The molecule has 0 radical (unpaired) electrons. The summed E-state index contributed by atoms with van der Waals surface area (Å²) in [6, 6.07) is 28.2. The minimum atomic E-state index is 0.635. The third-order valence-electron chi connectivity index (χ3n) is 6.42. The number of anilines is 1. The van der Waals surface area contributed by atoms with E-state index in [2.05, 4.69) is 84.7 Å². The van der Waals surface area contributed by atoms with E-state index in [4.69, 9.17) is 0 Å². The van der Waals surface area contributed by atoms with E-state index in [0.29, 0.717) is 6.04 Å². The minimum Gasteiger partial charge on any atom is -0.372 e. The van der Waals surface area contributed by atoms with Crippen molar-refractivity contribution in [3.8, 4) is 0 Å². The van der Waals surface area contributed by atoms with E-state index < -0.39 is 0 Å². The average Bonchev–Trinajstić information content (AvgIpc) is 2.79. The number of nitrogens with zero attached hydrogens (tertiary/aromatic N) is 1. The summed E-state index contributed by atoms with van der Waals surface area (Å²) in [6.45, 7) is 0. The summed E-state index contributed by atoms with van der Waals surface area (Å²) < 4.78 is 0. The van der Waals surface area contributed by atoms with Gasteiger partial charge in [0.1, 0.15) is 0 Å². The lowest BCUT2D eigenvalue weighted by Crippen LogP contribution is -2.31. The van der Waals surface area contributed by atoms with Crippen LogP contribution in [0.4, 0.5) is 5.69 Å². The molecule has 0 unspecified atom stereocenters. The van der Waals surface area contributed by atoms with E-state index in [-0.39, 0.29) is 0 Å². The summed E-state index contributed by atoms with van der Waals surface area (Å²) in [5, 5.41) is 0. The smallest absolute Gasteiger partial charge is 0.0366 e. The zero-order valence-corrected chi connectivity index (χ0v) is 19.9. The van der Waals surface area contributed by atoms with Crippen molar-refractivity contribution in [1.29, 1.82) is 0 Å². The molecule has 1 saturated carbocycles. The van der Waals surface area contributed by atoms with E-state index in [1.807, 2.05) is 6.07 Å². The monoisotopic (exact) mass is 419 g/mol. The highest BCUT2D eigenvalue weighted by Gasteiger charge is 2.14. The van der Waals surface area contributed by atoms with Crippen LogP contribution < -0.4 is 4.90 Å². The fourth-order valence-corrected chi connectivity index (χ4v) is 4.45. The normalized spacial score (nSPS) is 17.2. The SMILES string of the molecule is CN(c1ccccccccccccc1)C1CCCCCCCCCCCCCC1. The standard InChI is InChI=1S/C30H45N/c1-31(30-27-23-19-15-11-7-4-8-12-16-20-24-28-30)29-25-21-17-13-9-5-2-3-6-10-14-18-22-26-29/h4,7-8,11-12,15-16,19-20,23-24,27-29H,2-3,5-6,9-10,13-14,17-18,21-22,25-26H2,1H3. The fourth-order valence-electron chi connectivity index (χ4n) is 4.45. The second-order valence-corrected chi connectivity index (χ2v) is 8.96. The Morgan fingerprint density at radius 3 is 1.10 bits per heavy atom. The Balaban J connectivity index is 2.13. The number of hydrogen-bond donors (Lipinski definition) is 0. The van der Waals surface area contributed by atoms with Crippen LogP contribution in [-0.2, 0) is 0 Å². The molecule has 1 aliphatic rings. The van der Waals surface area contributed by atoms with Crippen LogP contribution in [0.5, 0.6) is 0 Å². The van der Waals surface area contributed by atoms with Gasteiger partial charge in [0.2, 0.25) is 0 Å². The van der Waals surface area contributed by atoms with Crippen LogP contribution in [0.1, 0.15) is 89.9 Å². The van der Waals surface area contributed by atoms with Gasteiger partial charge >= 0.3 is 0 Å². The number of hydrogen-bond acceptors (Lipinski definition) is 1. The zero-order chi connectivity index (χ0) is 21.8. The molecule has 1 fully saturated rings. The molecule has 2 rings (SSSR count). The third-order valence-corrected chi connectivity index (χ3v) is 6.42. The molecule has 1 aromatic rings. The third kappa shape index (κ3) is 12.4. The van der Waals surface area contributed by atoms with Gasteiger partial charge in [-0.1, -0.05) is 144 Å². The first-order chi connectivity index (χ1) is 15.4. The van der Waals surface area contributed by atoms with Crippen LogP contribution in [-0.4, -0.2) is 13.1 Å². The highest BCUT2D eigenvalue weighted by atomic mass is 15.1. The molecule has 170 valence electrons. The quantitative estimate of drug-likeness (QED) is 0.461. The van der Waals surface area contributed by atoms with Crippen LogP contribution in [0.2, 0.25) is 0 Å².